The molecule has 1 aliphatic heterocycles. The zero-order valence-electron chi connectivity index (χ0n) is 13.8. The zero-order valence-corrected chi connectivity index (χ0v) is 14.6. The van der Waals surface area contributed by atoms with Crippen molar-refractivity contribution in [2.75, 3.05) is 33.4 Å². The molecule has 2 aromatic carbocycles. The Balaban J connectivity index is 1.83. The molecule has 6 heteroatoms. The third-order valence-corrected chi connectivity index (χ3v) is 6.12. The van der Waals surface area contributed by atoms with Crippen molar-refractivity contribution in [2.45, 2.75) is 6.54 Å². The molecule has 1 saturated heterocycles. The Labute approximate surface area is 143 Å². The van der Waals surface area contributed by atoms with Gasteiger partial charge in [0.1, 0.15) is 0 Å². The van der Waals surface area contributed by atoms with Crippen molar-refractivity contribution in [3.05, 3.63) is 60.2 Å². The third-order valence-electron chi connectivity index (χ3n) is 4.19. The van der Waals surface area contributed by atoms with Gasteiger partial charge in [0.2, 0.25) is 0 Å². The second-order valence-electron chi connectivity index (χ2n) is 5.80. The van der Waals surface area contributed by atoms with E-state index in [0.29, 0.717) is 32.8 Å². The maximum absolute atomic E-state index is 12.7. The summed E-state index contributed by atoms with van der Waals surface area (Å²) in [5.74, 6) is 0. The molecule has 1 fully saturated rings. The van der Waals surface area contributed by atoms with Gasteiger partial charge in [0, 0.05) is 26.7 Å². The minimum Gasteiger partial charge on any atom is -0.379 e. The van der Waals surface area contributed by atoms with Gasteiger partial charge in [-0.1, -0.05) is 54.6 Å². The van der Waals surface area contributed by atoms with Crippen LogP contribution in [0.15, 0.2) is 54.6 Å². The Morgan fingerprint density at radius 1 is 1.00 bits per heavy atom. The summed E-state index contributed by atoms with van der Waals surface area (Å²) in [6, 6.07) is 17.9. The van der Waals surface area contributed by atoms with Crippen molar-refractivity contribution in [1.82, 2.24) is 8.61 Å². The van der Waals surface area contributed by atoms with Crippen molar-refractivity contribution in [2.24, 2.45) is 0 Å². The van der Waals surface area contributed by atoms with E-state index >= 15 is 0 Å². The van der Waals surface area contributed by atoms with Gasteiger partial charge in [-0.25, -0.2) is 0 Å². The summed E-state index contributed by atoms with van der Waals surface area (Å²) in [4.78, 5) is 0. The standard InChI is InChI=1S/C18H22N2O3S/c1-19(24(21,22)20-11-13-23-14-12-20)15-17-9-5-6-10-18(17)16-7-3-2-4-8-16/h2-10H,11-15H2,1H3. The van der Waals surface area contributed by atoms with Gasteiger partial charge in [0.25, 0.3) is 10.2 Å². The van der Waals surface area contributed by atoms with Crippen LogP contribution in [0.2, 0.25) is 0 Å². The lowest BCUT2D eigenvalue weighted by Gasteiger charge is -2.30. The van der Waals surface area contributed by atoms with Gasteiger partial charge in [-0.2, -0.15) is 17.0 Å². The highest BCUT2D eigenvalue weighted by Crippen LogP contribution is 2.25. The molecule has 128 valence electrons. The minimum absolute atomic E-state index is 0.338. The third kappa shape index (κ3) is 3.67. The molecule has 0 saturated carbocycles. The summed E-state index contributed by atoms with van der Waals surface area (Å²) < 4.78 is 33.6. The summed E-state index contributed by atoms with van der Waals surface area (Å²) in [6.45, 7) is 2.06. The van der Waals surface area contributed by atoms with Crippen LogP contribution in [-0.2, 0) is 21.5 Å². The number of rotatable bonds is 5. The molecule has 1 aliphatic rings. The summed E-state index contributed by atoms with van der Waals surface area (Å²) in [5, 5.41) is 0. The van der Waals surface area contributed by atoms with Crippen molar-refractivity contribution in [3.63, 3.8) is 0 Å². The van der Waals surface area contributed by atoms with Gasteiger partial charge in [-0.3, -0.25) is 0 Å². The van der Waals surface area contributed by atoms with E-state index < -0.39 is 10.2 Å². The van der Waals surface area contributed by atoms with Gasteiger partial charge < -0.3 is 4.74 Å². The number of benzene rings is 2. The Kier molecular flexibility index (Phi) is 5.30. The van der Waals surface area contributed by atoms with Crippen LogP contribution in [-0.4, -0.2) is 50.4 Å². The summed E-state index contributed by atoms with van der Waals surface area (Å²) in [5.41, 5.74) is 3.13. The fourth-order valence-corrected chi connectivity index (χ4v) is 4.16. The van der Waals surface area contributed by atoms with Crippen molar-refractivity contribution >= 4 is 10.2 Å². The van der Waals surface area contributed by atoms with E-state index in [1.54, 1.807) is 7.05 Å². The van der Waals surface area contributed by atoms with Crippen LogP contribution in [0.3, 0.4) is 0 Å². The van der Waals surface area contributed by atoms with Gasteiger partial charge in [-0.15, -0.1) is 0 Å². The Hall–Kier alpha value is -1.73. The maximum atomic E-state index is 12.7. The number of hydrogen-bond acceptors (Lipinski definition) is 3. The largest absolute Gasteiger partial charge is 0.379 e. The van der Waals surface area contributed by atoms with Gasteiger partial charge in [-0.05, 0) is 16.7 Å². The molecular formula is C18H22N2O3S. The molecule has 0 spiro atoms. The first kappa shape index (κ1) is 17.1. The minimum atomic E-state index is -3.47. The number of morpholine rings is 1. The van der Waals surface area contributed by atoms with E-state index in [-0.39, 0.29) is 0 Å². The predicted molar refractivity (Wildman–Crippen MR) is 94.7 cm³/mol. The van der Waals surface area contributed by atoms with Crippen LogP contribution in [0.4, 0.5) is 0 Å². The van der Waals surface area contributed by atoms with Crippen LogP contribution in [0.25, 0.3) is 11.1 Å². The van der Waals surface area contributed by atoms with Gasteiger partial charge >= 0.3 is 0 Å². The van der Waals surface area contributed by atoms with E-state index in [1.807, 2.05) is 54.6 Å². The smallest absolute Gasteiger partial charge is 0.282 e. The predicted octanol–water partition coefficient (Wildman–Crippen LogP) is 2.36. The van der Waals surface area contributed by atoms with Crippen LogP contribution in [0.1, 0.15) is 5.56 Å². The lowest BCUT2D eigenvalue weighted by Crippen LogP contribution is -2.47. The fourth-order valence-electron chi connectivity index (χ4n) is 2.85. The van der Waals surface area contributed by atoms with Crippen molar-refractivity contribution in [1.29, 1.82) is 0 Å². The molecule has 1 heterocycles. The molecule has 3 rings (SSSR count). The monoisotopic (exact) mass is 346 g/mol. The average molecular weight is 346 g/mol. The Morgan fingerprint density at radius 2 is 1.62 bits per heavy atom. The van der Waals surface area contributed by atoms with Gasteiger partial charge in [0.15, 0.2) is 0 Å². The summed E-state index contributed by atoms with van der Waals surface area (Å²) >= 11 is 0. The molecular weight excluding hydrogens is 324 g/mol. The lowest BCUT2D eigenvalue weighted by molar-refractivity contribution is 0.0705. The molecule has 0 unspecified atom stereocenters. The van der Waals surface area contributed by atoms with E-state index in [0.717, 1.165) is 16.7 Å². The van der Waals surface area contributed by atoms with E-state index in [4.69, 9.17) is 4.74 Å². The molecule has 0 bridgehead atoms. The molecule has 0 aliphatic carbocycles. The van der Waals surface area contributed by atoms with Crippen LogP contribution < -0.4 is 0 Å². The fraction of sp³-hybridized carbons (Fsp3) is 0.333. The quantitative estimate of drug-likeness (QED) is 0.835. The zero-order chi connectivity index (χ0) is 17.0. The molecule has 0 amide bonds. The first-order valence-electron chi connectivity index (χ1n) is 8.01. The second kappa shape index (κ2) is 7.44. The van der Waals surface area contributed by atoms with Crippen LogP contribution >= 0.6 is 0 Å². The van der Waals surface area contributed by atoms with Gasteiger partial charge in [0.05, 0.1) is 13.2 Å². The normalized spacial score (nSPS) is 16.4. The number of hydrogen-bond donors (Lipinski definition) is 0. The first-order chi connectivity index (χ1) is 11.6. The highest BCUT2D eigenvalue weighted by Gasteiger charge is 2.28. The topological polar surface area (TPSA) is 49.9 Å². The summed E-state index contributed by atoms with van der Waals surface area (Å²) in [6.07, 6.45) is 0. The number of nitrogens with zero attached hydrogens (tertiary/aromatic N) is 2. The first-order valence-corrected chi connectivity index (χ1v) is 9.41. The summed E-state index contributed by atoms with van der Waals surface area (Å²) in [7, 11) is -1.84. The van der Waals surface area contributed by atoms with Crippen LogP contribution in [0, 0.1) is 0 Å². The molecule has 5 nitrogen and oxygen atoms in total. The molecule has 0 atom stereocenters. The van der Waals surface area contributed by atoms with E-state index in [9.17, 15) is 8.42 Å². The van der Waals surface area contributed by atoms with E-state index in [2.05, 4.69) is 0 Å². The Bertz CT molecular complexity index is 772. The second-order valence-corrected chi connectivity index (χ2v) is 7.83. The molecule has 2 aromatic rings. The molecule has 24 heavy (non-hydrogen) atoms. The highest BCUT2D eigenvalue weighted by molar-refractivity contribution is 7.86. The molecule has 0 N–H and O–H groups in total. The van der Waals surface area contributed by atoms with E-state index in [1.165, 1.54) is 8.61 Å². The molecule has 0 radical (unpaired) electrons. The highest BCUT2D eigenvalue weighted by atomic mass is 32.2. The van der Waals surface area contributed by atoms with Crippen LogP contribution in [0.5, 0.6) is 0 Å². The SMILES string of the molecule is CN(Cc1ccccc1-c1ccccc1)S(=O)(=O)N1CCOCC1. The average Bonchev–Trinajstić information content (AvgIpc) is 2.63. The number of ether oxygens (including phenoxy) is 1. The lowest BCUT2D eigenvalue weighted by atomic mass is 10.00. The Morgan fingerprint density at radius 3 is 2.33 bits per heavy atom. The van der Waals surface area contributed by atoms with Crippen molar-refractivity contribution < 1.29 is 13.2 Å². The molecule has 0 aromatic heterocycles. The van der Waals surface area contributed by atoms with Crippen molar-refractivity contribution in [3.8, 4) is 11.1 Å². The maximum Gasteiger partial charge on any atom is 0.282 e.